The minimum atomic E-state index is -1.07. The second kappa shape index (κ2) is 25.0. The second-order valence-corrected chi connectivity index (χ2v) is 11.7. The van der Waals surface area contributed by atoms with Crippen LogP contribution in [0.4, 0.5) is 0 Å². The number of unbranched alkanes of at least 4 members (excludes halogenated alkanes) is 18. The molecule has 0 bridgehead atoms. The summed E-state index contributed by atoms with van der Waals surface area (Å²) < 4.78 is 0. The molecule has 0 fully saturated rings. The standard InChI is InChI=1S/C30H58O4S/c1-3-5-7-9-11-13-15-17-19-21-24-30(29(33)34,27-35-26-23-28(31)32)25-22-20-18-16-14-12-10-8-6-4-2/h3-27H2,1-2H3,(H,31,32)(H,33,34)/p-2. The maximum absolute atomic E-state index is 12.3. The lowest BCUT2D eigenvalue weighted by Gasteiger charge is -2.35. The predicted octanol–water partition coefficient (Wildman–Crippen LogP) is 7.22. The molecule has 0 N–H and O–H groups in total. The van der Waals surface area contributed by atoms with Crippen LogP contribution < -0.4 is 10.2 Å². The van der Waals surface area contributed by atoms with E-state index in [1.165, 1.54) is 114 Å². The number of carboxylic acids is 2. The summed E-state index contributed by atoms with van der Waals surface area (Å²) in [6.45, 7) is 4.48. The topological polar surface area (TPSA) is 80.3 Å². The van der Waals surface area contributed by atoms with E-state index < -0.39 is 17.4 Å². The molecule has 0 spiro atoms. The van der Waals surface area contributed by atoms with Gasteiger partial charge in [-0.1, -0.05) is 142 Å². The van der Waals surface area contributed by atoms with E-state index in [0.29, 0.717) is 24.3 Å². The second-order valence-electron chi connectivity index (χ2n) is 10.6. The average Bonchev–Trinajstić information content (AvgIpc) is 2.83. The van der Waals surface area contributed by atoms with Gasteiger partial charge in [0.2, 0.25) is 0 Å². The minimum Gasteiger partial charge on any atom is -0.550 e. The van der Waals surface area contributed by atoms with E-state index in [4.69, 9.17) is 0 Å². The number of thioether (sulfide) groups is 1. The number of carboxylic acid groups (broad SMARTS) is 2. The lowest BCUT2D eigenvalue weighted by atomic mass is 9.79. The Hall–Kier alpha value is -0.710. The third-order valence-corrected chi connectivity index (χ3v) is 8.53. The van der Waals surface area contributed by atoms with Gasteiger partial charge in [0.05, 0.1) is 0 Å². The first-order valence-corrected chi connectivity index (χ1v) is 16.1. The van der Waals surface area contributed by atoms with Crippen LogP contribution in [0.25, 0.3) is 0 Å². The van der Waals surface area contributed by atoms with Crippen molar-refractivity contribution >= 4 is 23.7 Å². The summed E-state index contributed by atoms with van der Waals surface area (Å²) in [5.74, 6) is -1.14. The summed E-state index contributed by atoms with van der Waals surface area (Å²) in [5.41, 5.74) is -0.823. The molecular weight excluding hydrogens is 456 g/mol. The van der Waals surface area contributed by atoms with Crippen LogP contribution in [-0.4, -0.2) is 23.4 Å². The van der Waals surface area contributed by atoms with Crippen LogP contribution in [0.2, 0.25) is 0 Å². The molecule has 0 atom stereocenters. The highest BCUT2D eigenvalue weighted by Gasteiger charge is 2.30. The molecular formula is C30H56O4S-2. The fourth-order valence-electron chi connectivity index (χ4n) is 4.86. The predicted molar refractivity (Wildman–Crippen MR) is 147 cm³/mol. The first-order chi connectivity index (χ1) is 17.0. The van der Waals surface area contributed by atoms with Gasteiger partial charge in [-0.05, 0) is 25.0 Å². The van der Waals surface area contributed by atoms with Crippen molar-refractivity contribution in [3.8, 4) is 0 Å². The van der Waals surface area contributed by atoms with Gasteiger partial charge in [0.15, 0.2) is 0 Å². The lowest BCUT2D eigenvalue weighted by Crippen LogP contribution is -2.44. The molecule has 0 aromatic heterocycles. The normalized spacial score (nSPS) is 11.7. The number of carbonyl (C=O) groups excluding carboxylic acids is 2. The largest absolute Gasteiger partial charge is 0.550 e. The Kier molecular flexibility index (Phi) is 24.5. The highest BCUT2D eigenvalue weighted by Crippen LogP contribution is 2.35. The van der Waals surface area contributed by atoms with Crippen molar-refractivity contribution < 1.29 is 19.8 Å². The van der Waals surface area contributed by atoms with Crippen molar-refractivity contribution in [3.05, 3.63) is 0 Å². The molecule has 0 heterocycles. The molecule has 0 amide bonds. The van der Waals surface area contributed by atoms with E-state index in [9.17, 15) is 19.8 Å². The monoisotopic (exact) mass is 512 g/mol. The lowest BCUT2D eigenvalue weighted by molar-refractivity contribution is -0.319. The van der Waals surface area contributed by atoms with Crippen LogP contribution in [0, 0.1) is 5.41 Å². The van der Waals surface area contributed by atoms with Crippen LogP contribution in [0.1, 0.15) is 162 Å². The van der Waals surface area contributed by atoms with E-state index in [1.807, 2.05) is 0 Å². The molecule has 5 heteroatoms. The van der Waals surface area contributed by atoms with Gasteiger partial charge in [0, 0.05) is 23.1 Å². The van der Waals surface area contributed by atoms with Crippen molar-refractivity contribution in [2.24, 2.45) is 5.41 Å². The Morgan fingerprint density at radius 1 is 0.571 bits per heavy atom. The number of rotatable bonds is 28. The molecule has 0 rings (SSSR count). The van der Waals surface area contributed by atoms with E-state index in [-0.39, 0.29) is 6.42 Å². The smallest absolute Gasteiger partial charge is 0.0484 e. The molecule has 4 nitrogen and oxygen atoms in total. The molecule has 0 aromatic carbocycles. The number of carbonyl (C=O) groups is 2. The molecule has 0 saturated carbocycles. The molecule has 35 heavy (non-hydrogen) atoms. The highest BCUT2D eigenvalue weighted by atomic mass is 32.2. The molecule has 0 aliphatic carbocycles. The zero-order valence-corrected chi connectivity index (χ0v) is 24.0. The molecule has 0 radical (unpaired) electrons. The van der Waals surface area contributed by atoms with Crippen LogP contribution in [0.15, 0.2) is 0 Å². The Bertz CT molecular complexity index is 471. The number of aliphatic carboxylic acids is 2. The average molecular weight is 513 g/mol. The van der Waals surface area contributed by atoms with Crippen LogP contribution in [-0.2, 0) is 9.59 Å². The van der Waals surface area contributed by atoms with Gasteiger partial charge in [-0.15, -0.1) is 0 Å². The Morgan fingerprint density at radius 2 is 0.914 bits per heavy atom. The van der Waals surface area contributed by atoms with Gasteiger partial charge in [0.1, 0.15) is 0 Å². The fraction of sp³-hybridized carbons (Fsp3) is 0.933. The molecule has 0 unspecified atom stereocenters. The van der Waals surface area contributed by atoms with Gasteiger partial charge in [-0.25, -0.2) is 0 Å². The van der Waals surface area contributed by atoms with Gasteiger partial charge < -0.3 is 19.8 Å². The quantitative estimate of drug-likeness (QED) is 0.103. The van der Waals surface area contributed by atoms with Crippen molar-refractivity contribution in [1.82, 2.24) is 0 Å². The molecule has 0 saturated heterocycles. The fourth-order valence-corrected chi connectivity index (χ4v) is 6.11. The molecule has 0 aliphatic heterocycles. The highest BCUT2D eigenvalue weighted by molar-refractivity contribution is 7.99. The van der Waals surface area contributed by atoms with Gasteiger partial charge in [-0.3, -0.25) is 0 Å². The Balaban J connectivity index is 4.34. The van der Waals surface area contributed by atoms with Gasteiger partial charge in [-0.2, -0.15) is 11.8 Å². The van der Waals surface area contributed by atoms with Crippen LogP contribution >= 0.6 is 11.8 Å². The summed E-state index contributed by atoms with van der Waals surface area (Å²) in [6, 6.07) is 0. The van der Waals surface area contributed by atoms with Crippen molar-refractivity contribution in [1.29, 1.82) is 0 Å². The minimum absolute atomic E-state index is 0.0235. The maximum Gasteiger partial charge on any atom is 0.0484 e. The molecule has 208 valence electrons. The summed E-state index contributed by atoms with van der Waals surface area (Å²) in [5, 5.41) is 23.0. The molecule has 0 aromatic rings. The Morgan fingerprint density at radius 3 is 1.23 bits per heavy atom. The van der Waals surface area contributed by atoms with E-state index >= 15 is 0 Å². The third kappa shape index (κ3) is 21.1. The van der Waals surface area contributed by atoms with Gasteiger partial charge >= 0.3 is 0 Å². The molecule has 0 aliphatic rings. The summed E-state index contributed by atoms with van der Waals surface area (Å²) >= 11 is 1.44. The van der Waals surface area contributed by atoms with E-state index in [0.717, 1.165) is 25.7 Å². The summed E-state index contributed by atoms with van der Waals surface area (Å²) in [4.78, 5) is 23.0. The van der Waals surface area contributed by atoms with Crippen molar-refractivity contribution in [3.63, 3.8) is 0 Å². The first kappa shape index (κ1) is 34.3. The van der Waals surface area contributed by atoms with Crippen molar-refractivity contribution in [2.45, 2.75) is 162 Å². The third-order valence-electron chi connectivity index (χ3n) is 7.28. The Labute approximate surface area is 221 Å². The first-order valence-electron chi connectivity index (χ1n) is 15.0. The van der Waals surface area contributed by atoms with Crippen molar-refractivity contribution in [2.75, 3.05) is 11.5 Å². The maximum atomic E-state index is 12.3. The number of hydrogen-bond donors (Lipinski definition) is 0. The van der Waals surface area contributed by atoms with Gasteiger partial charge in [0.25, 0.3) is 0 Å². The number of hydrogen-bond acceptors (Lipinski definition) is 5. The van der Waals surface area contributed by atoms with E-state index in [1.54, 1.807) is 0 Å². The zero-order chi connectivity index (χ0) is 26.0. The SMILES string of the molecule is CCCCCCCCCCCCC(CCCCCCCCCCCC)(CSCCC(=O)[O-])C(=O)[O-]. The zero-order valence-electron chi connectivity index (χ0n) is 23.2. The van der Waals surface area contributed by atoms with E-state index in [2.05, 4.69) is 13.8 Å². The summed E-state index contributed by atoms with van der Waals surface area (Å²) in [7, 11) is 0. The van der Waals surface area contributed by atoms with Crippen LogP contribution in [0.3, 0.4) is 0 Å². The summed E-state index contributed by atoms with van der Waals surface area (Å²) in [6.07, 6.45) is 25.9. The van der Waals surface area contributed by atoms with Crippen LogP contribution in [0.5, 0.6) is 0 Å².